The average Bonchev–Trinajstić information content (AvgIpc) is 2.11. The number of rotatable bonds is 4. The van der Waals surface area contributed by atoms with Gasteiger partial charge in [0.15, 0.2) is 0 Å². The first kappa shape index (κ1) is 15.5. The fraction of sp³-hybridized carbons (Fsp3) is 0.778. The van der Waals surface area contributed by atoms with E-state index in [4.69, 9.17) is 0 Å². The van der Waals surface area contributed by atoms with Crippen molar-refractivity contribution in [3.8, 4) is 0 Å². The van der Waals surface area contributed by atoms with Gasteiger partial charge < -0.3 is 15.5 Å². The topological polar surface area (TPSA) is 61.4 Å². The first-order chi connectivity index (χ1) is 7.61. The van der Waals surface area contributed by atoms with Gasteiger partial charge in [0, 0.05) is 13.1 Å². The molecule has 0 radical (unpaired) electrons. The molecule has 0 aliphatic rings. The molecule has 0 aromatic rings. The Morgan fingerprint density at radius 2 is 1.82 bits per heavy atom. The first-order valence-electron chi connectivity index (χ1n) is 4.97. The van der Waals surface area contributed by atoms with Gasteiger partial charge in [-0.05, 0) is 13.8 Å². The van der Waals surface area contributed by atoms with Crippen molar-refractivity contribution < 1.29 is 22.8 Å². The van der Waals surface area contributed by atoms with Gasteiger partial charge in [-0.2, -0.15) is 13.2 Å². The smallest absolute Gasteiger partial charge is 0.352 e. The van der Waals surface area contributed by atoms with Crippen LogP contribution in [0.3, 0.4) is 0 Å². The molecular formula is C9H16F3N3O2. The van der Waals surface area contributed by atoms with E-state index in [1.807, 2.05) is 0 Å². The van der Waals surface area contributed by atoms with Crippen molar-refractivity contribution in [3.05, 3.63) is 0 Å². The third-order valence-electron chi connectivity index (χ3n) is 1.62. The molecule has 2 N–H and O–H groups in total. The number of nitrogens with zero attached hydrogens (tertiary/aromatic N) is 1. The van der Waals surface area contributed by atoms with Crippen molar-refractivity contribution in [1.29, 1.82) is 0 Å². The van der Waals surface area contributed by atoms with Crippen LogP contribution >= 0.6 is 0 Å². The van der Waals surface area contributed by atoms with E-state index in [0.717, 1.165) is 4.90 Å². The van der Waals surface area contributed by atoms with E-state index in [0.29, 0.717) is 0 Å². The van der Waals surface area contributed by atoms with E-state index in [1.54, 1.807) is 19.2 Å². The third kappa shape index (κ3) is 8.35. The number of nitrogens with one attached hydrogen (secondary N) is 2. The lowest BCUT2D eigenvalue weighted by Gasteiger charge is -2.19. The summed E-state index contributed by atoms with van der Waals surface area (Å²) in [7, 11) is 1.24. The van der Waals surface area contributed by atoms with Gasteiger partial charge in [0.2, 0.25) is 5.91 Å². The van der Waals surface area contributed by atoms with Crippen LogP contribution in [0, 0.1) is 0 Å². The Morgan fingerprint density at radius 1 is 1.29 bits per heavy atom. The minimum absolute atomic E-state index is 0.0888. The number of carbonyl (C=O) groups excluding carboxylic acids is 2. The van der Waals surface area contributed by atoms with Crippen LogP contribution in [0.5, 0.6) is 0 Å². The van der Waals surface area contributed by atoms with Crippen LogP contribution in [-0.4, -0.2) is 49.2 Å². The Hall–Kier alpha value is -1.47. The highest BCUT2D eigenvalue weighted by Crippen LogP contribution is 2.12. The molecule has 0 spiro atoms. The summed E-state index contributed by atoms with van der Waals surface area (Å²) in [5, 5.41) is 4.18. The van der Waals surface area contributed by atoms with Gasteiger partial charge in [0.05, 0.1) is 0 Å². The summed E-state index contributed by atoms with van der Waals surface area (Å²) < 4.78 is 35.4. The van der Waals surface area contributed by atoms with Gasteiger partial charge in [-0.3, -0.25) is 4.79 Å². The summed E-state index contributed by atoms with van der Waals surface area (Å²) in [6, 6.07) is -1.03. The highest BCUT2D eigenvalue weighted by Gasteiger charge is 2.28. The van der Waals surface area contributed by atoms with Crippen LogP contribution in [0.15, 0.2) is 0 Å². The molecule has 0 fully saturated rings. The zero-order valence-corrected chi connectivity index (χ0v) is 9.89. The van der Waals surface area contributed by atoms with Crippen LogP contribution in [0.1, 0.15) is 13.8 Å². The minimum Gasteiger partial charge on any atom is -0.352 e. The molecule has 0 aromatic carbocycles. The lowest BCUT2D eigenvalue weighted by atomic mass is 10.4. The molecule has 0 unspecified atom stereocenters. The van der Waals surface area contributed by atoms with Crippen LogP contribution in [0.2, 0.25) is 0 Å². The lowest BCUT2D eigenvalue weighted by Crippen LogP contribution is -2.46. The maximum Gasteiger partial charge on any atom is 0.405 e. The van der Waals surface area contributed by atoms with Crippen molar-refractivity contribution in [2.24, 2.45) is 0 Å². The zero-order valence-electron chi connectivity index (χ0n) is 9.89. The molecule has 100 valence electrons. The van der Waals surface area contributed by atoms with Crippen molar-refractivity contribution in [1.82, 2.24) is 15.5 Å². The van der Waals surface area contributed by atoms with Gasteiger partial charge in [0.25, 0.3) is 0 Å². The third-order valence-corrected chi connectivity index (χ3v) is 1.62. The Bertz CT molecular complexity index is 279. The fourth-order valence-electron chi connectivity index (χ4n) is 0.966. The van der Waals surface area contributed by atoms with Crippen LogP contribution in [0.25, 0.3) is 0 Å². The number of alkyl halides is 3. The van der Waals surface area contributed by atoms with Gasteiger partial charge in [-0.15, -0.1) is 0 Å². The molecule has 0 aromatic heterocycles. The van der Waals surface area contributed by atoms with Gasteiger partial charge in [-0.25, -0.2) is 4.79 Å². The average molecular weight is 255 g/mol. The second-order valence-electron chi connectivity index (χ2n) is 3.85. The summed E-state index contributed by atoms with van der Waals surface area (Å²) in [6.07, 6.45) is -4.46. The summed E-state index contributed by atoms with van der Waals surface area (Å²) in [6.45, 7) is 1.77. The molecule has 0 saturated carbocycles. The molecule has 0 bridgehead atoms. The second kappa shape index (κ2) is 6.31. The van der Waals surface area contributed by atoms with Crippen molar-refractivity contribution in [2.75, 3.05) is 20.1 Å². The maximum absolute atomic E-state index is 11.8. The number of amides is 3. The van der Waals surface area contributed by atoms with E-state index >= 15 is 0 Å². The Balaban J connectivity index is 4.02. The standard InChI is InChI=1S/C9H16F3N3O2/c1-6(2)14-7(16)4-15(3)8(17)13-5-9(10,11)12/h6H,4-5H2,1-3H3,(H,13,17)(H,14,16). The number of hydrogen-bond acceptors (Lipinski definition) is 2. The first-order valence-corrected chi connectivity index (χ1v) is 4.97. The molecule has 17 heavy (non-hydrogen) atoms. The fourth-order valence-corrected chi connectivity index (χ4v) is 0.966. The van der Waals surface area contributed by atoms with E-state index in [-0.39, 0.29) is 12.6 Å². The molecule has 0 heterocycles. The quantitative estimate of drug-likeness (QED) is 0.777. The lowest BCUT2D eigenvalue weighted by molar-refractivity contribution is -0.123. The van der Waals surface area contributed by atoms with E-state index in [9.17, 15) is 22.8 Å². The summed E-state index contributed by atoms with van der Waals surface area (Å²) >= 11 is 0. The van der Waals surface area contributed by atoms with Gasteiger partial charge in [-0.1, -0.05) is 0 Å². The van der Waals surface area contributed by atoms with Crippen molar-refractivity contribution in [3.63, 3.8) is 0 Å². The molecule has 0 saturated heterocycles. The maximum atomic E-state index is 11.8. The highest BCUT2D eigenvalue weighted by atomic mass is 19.4. The normalized spacial score (nSPS) is 11.2. The summed E-state index contributed by atoms with van der Waals surface area (Å²) in [5.41, 5.74) is 0. The second-order valence-corrected chi connectivity index (χ2v) is 3.85. The number of carbonyl (C=O) groups is 2. The molecule has 3 amide bonds. The SMILES string of the molecule is CC(C)NC(=O)CN(C)C(=O)NCC(F)(F)F. The van der Waals surface area contributed by atoms with Gasteiger partial charge >= 0.3 is 12.2 Å². The van der Waals surface area contributed by atoms with E-state index in [2.05, 4.69) is 5.32 Å². The largest absolute Gasteiger partial charge is 0.405 e. The molecule has 5 nitrogen and oxygen atoms in total. The summed E-state index contributed by atoms with van der Waals surface area (Å²) in [4.78, 5) is 23.2. The molecule has 0 aliphatic carbocycles. The molecular weight excluding hydrogens is 239 g/mol. The number of halogens is 3. The van der Waals surface area contributed by atoms with E-state index < -0.39 is 24.7 Å². The number of likely N-dealkylation sites (N-methyl/N-ethyl adjacent to an activating group) is 1. The molecule has 8 heteroatoms. The van der Waals surface area contributed by atoms with Crippen LogP contribution in [0.4, 0.5) is 18.0 Å². The predicted octanol–water partition coefficient (Wildman–Crippen LogP) is 0.715. The highest BCUT2D eigenvalue weighted by molar-refractivity contribution is 5.83. The Morgan fingerprint density at radius 3 is 2.24 bits per heavy atom. The molecule has 0 rings (SSSR count). The van der Waals surface area contributed by atoms with Crippen molar-refractivity contribution >= 4 is 11.9 Å². The Kier molecular flexibility index (Phi) is 5.77. The predicted molar refractivity (Wildman–Crippen MR) is 55.4 cm³/mol. The van der Waals surface area contributed by atoms with Crippen LogP contribution < -0.4 is 10.6 Å². The van der Waals surface area contributed by atoms with E-state index in [1.165, 1.54) is 7.05 Å². The zero-order chi connectivity index (χ0) is 13.6. The number of urea groups is 1. The Labute approximate surface area is 97.3 Å². The van der Waals surface area contributed by atoms with Gasteiger partial charge in [0.1, 0.15) is 13.1 Å². The molecule has 0 atom stereocenters. The number of hydrogen-bond donors (Lipinski definition) is 2. The molecule has 0 aliphatic heterocycles. The monoisotopic (exact) mass is 255 g/mol. The minimum atomic E-state index is -4.46. The van der Waals surface area contributed by atoms with Crippen LogP contribution in [-0.2, 0) is 4.79 Å². The van der Waals surface area contributed by atoms with Crippen molar-refractivity contribution in [2.45, 2.75) is 26.1 Å². The summed E-state index contributed by atoms with van der Waals surface area (Å²) in [5.74, 6) is -0.426.